The molecule has 29 heavy (non-hydrogen) atoms. The molecule has 0 atom stereocenters. The molecule has 0 saturated carbocycles. The van der Waals surface area contributed by atoms with Gasteiger partial charge in [-0.1, -0.05) is 6.58 Å². The van der Waals surface area contributed by atoms with Crippen molar-refractivity contribution in [3.05, 3.63) is 12.2 Å². The van der Waals surface area contributed by atoms with E-state index in [0.29, 0.717) is 0 Å². The van der Waals surface area contributed by atoms with E-state index in [-0.39, 0.29) is 38.6 Å². The highest BCUT2D eigenvalue weighted by molar-refractivity contribution is 7.72. The fraction of sp³-hybridized carbons (Fsp3) is 0.765. The number of esters is 2. The largest absolute Gasteiger partial charge is 0.463 e. The van der Waals surface area contributed by atoms with Gasteiger partial charge in [-0.15, -0.1) is 0 Å². The van der Waals surface area contributed by atoms with Gasteiger partial charge >= 0.3 is 27.1 Å². The number of hydrogen-bond acceptors (Lipinski definition) is 10. The maximum atomic E-state index is 13.3. The molecule has 170 valence electrons. The van der Waals surface area contributed by atoms with Crippen LogP contribution in [-0.4, -0.2) is 57.0 Å². The minimum atomic E-state index is -4.07. The smallest absolute Gasteiger partial charge is 0.346 e. The van der Waals surface area contributed by atoms with E-state index in [1.54, 1.807) is 34.6 Å². The normalized spacial score (nSPS) is 12.1. The number of rotatable bonds is 16. The highest BCUT2D eigenvalue weighted by Gasteiger charge is 2.52. The van der Waals surface area contributed by atoms with Crippen molar-refractivity contribution in [3.8, 4) is 0 Å². The highest BCUT2D eigenvalue weighted by Crippen LogP contribution is 2.71. The van der Waals surface area contributed by atoms with Crippen LogP contribution in [0.15, 0.2) is 12.2 Å². The summed E-state index contributed by atoms with van der Waals surface area (Å²) in [7, 11) is -8.14. The van der Waals surface area contributed by atoms with Crippen LogP contribution in [0, 0.1) is 0 Å². The van der Waals surface area contributed by atoms with Crippen LogP contribution in [0.5, 0.6) is 0 Å². The number of carbonyl (C=O) groups is 2. The van der Waals surface area contributed by atoms with Gasteiger partial charge in [0.05, 0.1) is 45.0 Å². The molecule has 0 aromatic carbocycles. The lowest BCUT2D eigenvalue weighted by atomic mass is 10.3. The Morgan fingerprint density at radius 3 is 1.52 bits per heavy atom. The summed E-state index contributed by atoms with van der Waals surface area (Å²) in [6.07, 6.45) is -0.634. The van der Waals surface area contributed by atoms with Crippen LogP contribution in [0.2, 0.25) is 0 Å². The van der Waals surface area contributed by atoms with Crippen molar-refractivity contribution in [2.45, 2.75) is 46.4 Å². The molecule has 0 aliphatic heterocycles. The Morgan fingerprint density at radius 1 is 0.759 bits per heavy atom. The molecule has 0 unspecified atom stereocenters. The van der Waals surface area contributed by atoms with E-state index in [1.807, 2.05) is 0 Å². The van der Waals surface area contributed by atoms with Crippen LogP contribution in [-0.2, 0) is 46.3 Å². The van der Waals surface area contributed by atoms with Gasteiger partial charge in [0.1, 0.15) is 6.61 Å². The maximum Gasteiger partial charge on any atom is 0.346 e. The summed E-state index contributed by atoms with van der Waals surface area (Å²) in [5.41, 5.74) is -0.0765. The number of carbonyl (C=O) groups excluding carboxylic acids is 2. The Balaban J connectivity index is 5.62. The summed E-state index contributed by atoms with van der Waals surface area (Å²) in [5, 5.41) is -1.53. The molecule has 0 aliphatic carbocycles. The molecule has 0 N–H and O–H groups in total. The lowest BCUT2D eigenvalue weighted by Crippen LogP contribution is -2.23. The lowest BCUT2D eigenvalue weighted by molar-refractivity contribution is -0.144. The molecule has 0 amide bonds. The first-order valence-electron chi connectivity index (χ1n) is 9.41. The molecule has 0 aromatic rings. The predicted molar refractivity (Wildman–Crippen MR) is 107 cm³/mol. The minimum Gasteiger partial charge on any atom is -0.463 e. The summed E-state index contributed by atoms with van der Waals surface area (Å²) < 4.78 is 57.4. The Hall–Kier alpha value is -1.02. The van der Waals surface area contributed by atoms with Crippen LogP contribution < -0.4 is 0 Å². The van der Waals surface area contributed by atoms with E-state index in [2.05, 4.69) is 6.58 Å². The summed E-state index contributed by atoms with van der Waals surface area (Å²) in [4.78, 5) is 23.9. The van der Waals surface area contributed by atoms with Gasteiger partial charge < -0.3 is 27.6 Å². The highest BCUT2D eigenvalue weighted by atomic mass is 31.2. The van der Waals surface area contributed by atoms with Gasteiger partial charge in [-0.2, -0.15) is 0 Å². The SMILES string of the molecule is C=C(COC(=O)CC(P(=O)(OCC)OCC)P(=O)(OCC)OCC)C(=O)OCC. The zero-order valence-corrected chi connectivity index (χ0v) is 19.5. The van der Waals surface area contributed by atoms with Crippen molar-refractivity contribution in [2.24, 2.45) is 0 Å². The van der Waals surface area contributed by atoms with Crippen LogP contribution in [0.1, 0.15) is 41.0 Å². The van der Waals surface area contributed by atoms with Gasteiger partial charge in [0.15, 0.2) is 5.40 Å². The molecule has 0 heterocycles. The van der Waals surface area contributed by atoms with Gasteiger partial charge in [0.25, 0.3) is 0 Å². The van der Waals surface area contributed by atoms with E-state index in [1.165, 1.54) is 0 Å². The van der Waals surface area contributed by atoms with Crippen LogP contribution in [0.3, 0.4) is 0 Å². The molecule has 0 bridgehead atoms. The molecule has 0 rings (SSSR count). The topological polar surface area (TPSA) is 124 Å². The second-order valence-electron chi connectivity index (χ2n) is 5.42. The van der Waals surface area contributed by atoms with Crippen molar-refractivity contribution in [2.75, 3.05) is 39.6 Å². The standard InChI is InChI=1S/C17H32O10P2/c1-7-22-17(19)14(6)13-23-15(18)12-16(28(20,24-8-2)25-9-3)29(21,26-10-4)27-11-5/h16H,6-13H2,1-5H3. The Labute approximate surface area is 172 Å². The van der Waals surface area contributed by atoms with Gasteiger partial charge in [0, 0.05) is 0 Å². The third kappa shape index (κ3) is 9.11. The fourth-order valence-corrected chi connectivity index (χ4v) is 7.41. The fourth-order valence-electron chi connectivity index (χ4n) is 2.20. The molecule has 0 aromatic heterocycles. The van der Waals surface area contributed by atoms with Gasteiger partial charge in [-0.25, -0.2) is 4.79 Å². The summed E-state index contributed by atoms with van der Waals surface area (Å²) in [6, 6.07) is 0. The Kier molecular flexibility index (Phi) is 13.6. The van der Waals surface area contributed by atoms with Crippen LogP contribution >= 0.6 is 15.2 Å². The van der Waals surface area contributed by atoms with Crippen molar-refractivity contribution >= 4 is 27.1 Å². The zero-order valence-electron chi connectivity index (χ0n) is 17.7. The van der Waals surface area contributed by atoms with E-state index < -0.39 is 45.6 Å². The number of hydrogen-bond donors (Lipinski definition) is 0. The molecule has 0 saturated heterocycles. The molecule has 0 aliphatic rings. The van der Waals surface area contributed by atoms with Crippen molar-refractivity contribution < 1.29 is 46.3 Å². The molecule has 0 fully saturated rings. The van der Waals surface area contributed by atoms with Gasteiger partial charge in [-0.3, -0.25) is 13.9 Å². The monoisotopic (exact) mass is 458 g/mol. The van der Waals surface area contributed by atoms with E-state index in [9.17, 15) is 18.7 Å². The Morgan fingerprint density at radius 2 is 1.17 bits per heavy atom. The second kappa shape index (κ2) is 14.1. The van der Waals surface area contributed by atoms with E-state index in [0.717, 1.165) is 0 Å². The lowest BCUT2D eigenvalue weighted by Gasteiger charge is -2.30. The van der Waals surface area contributed by atoms with Gasteiger partial charge in [-0.05, 0) is 34.6 Å². The third-order valence-corrected chi connectivity index (χ3v) is 9.28. The zero-order chi connectivity index (χ0) is 22.5. The molecular formula is C17H32O10P2. The average molecular weight is 458 g/mol. The first-order valence-corrected chi connectivity index (χ1v) is 12.6. The quantitative estimate of drug-likeness (QED) is 0.191. The molecular weight excluding hydrogens is 426 g/mol. The molecule has 0 radical (unpaired) electrons. The third-order valence-electron chi connectivity index (χ3n) is 3.29. The average Bonchev–Trinajstić information content (AvgIpc) is 2.65. The molecule has 12 heteroatoms. The van der Waals surface area contributed by atoms with E-state index in [4.69, 9.17) is 27.6 Å². The summed E-state index contributed by atoms with van der Waals surface area (Å²) in [5.74, 6) is -1.61. The minimum absolute atomic E-state index is 0.0132. The van der Waals surface area contributed by atoms with Crippen LogP contribution in [0.4, 0.5) is 0 Å². The van der Waals surface area contributed by atoms with Crippen molar-refractivity contribution in [3.63, 3.8) is 0 Å². The van der Waals surface area contributed by atoms with E-state index >= 15 is 0 Å². The van der Waals surface area contributed by atoms with Crippen molar-refractivity contribution in [1.82, 2.24) is 0 Å². The molecule has 0 spiro atoms. The van der Waals surface area contributed by atoms with Crippen LogP contribution in [0.25, 0.3) is 0 Å². The summed E-state index contributed by atoms with van der Waals surface area (Å²) >= 11 is 0. The Bertz CT molecular complexity index is 584. The first kappa shape index (κ1) is 28.0. The maximum absolute atomic E-state index is 13.3. The summed E-state index contributed by atoms with van der Waals surface area (Å²) in [6.45, 7) is 11.1. The predicted octanol–water partition coefficient (Wildman–Crippen LogP) is 3.90. The van der Waals surface area contributed by atoms with Crippen molar-refractivity contribution in [1.29, 1.82) is 0 Å². The first-order chi connectivity index (χ1) is 13.6. The second-order valence-corrected chi connectivity index (χ2v) is 10.3. The molecule has 10 nitrogen and oxygen atoms in total. The number of ether oxygens (including phenoxy) is 2. The van der Waals surface area contributed by atoms with Gasteiger partial charge in [0.2, 0.25) is 0 Å².